The Balaban J connectivity index is 1.47. The Morgan fingerprint density at radius 2 is 2.07 bits per heavy atom. The summed E-state index contributed by atoms with van der Waals surface area (Å²) in [5, 5.41) is 2.85. The topological polar surface area (TPSA) is 66.0 Å². The Morgan fingerprint density at radius 3 is 2.82 bits per heavy atom. The molecule has 28 heavy (non-hydrogen) atoms. The van der Waals surface area contributed by atoms with Gasteiger partial charge in [0, 0.05) is 13.2 Å². The lowest BCUT2D eigenvalue weighted by Gasteiger charge is -2.15. The van der Waals surface area contributed by atoms with Gasteiger partial charge in [-0.3, -0.25) is 4.79 Å². The molecule has 6 heteroatoms. The number of amides is 1. The van der Waals surface area contributed by atoms with Gasteiger partial charge in [0.05, 0.1) is 13.2 Å². The molecule has 1 atom stereocenters. The van der Waals surface area contributed by atoms with E-state index >= 15 is 0 Å². The van der Waals surface area contributed by atoms with Gasteiger partial charge in [-0.15, -0.1) is 0 Å². The van der Waals surface area contributed by atoms with Crippen molar-refractivity contribution in [3.8, 4) is 17.2 Å². The number of hydrogen-bond donors (Lipinski definition) is 1. The molecule has 3 rings (SSSR count). The minimum Gasteiger partial charge on any atom is -0.493 e. The Morgan fingerprint density at radius 1 is 1.18 bits per heavy atom. The van der Waals surface area contributed by atoms with Crippen molar-refractivity contribution in [2.24, 2.45) is 0 Å². The molecule has 1 heterocycles. The molecule has 0 aliphatic carbocycles. The molecule has 2 aromatic carbocycles. The second-order valence-electron chi connectivity index (χ2n) is 6.81. The first-order valence-corrected chi connectivity index (χ1v) is 9.51. The maximum absolute atomic E-state index is 12.0. The minimum absolute atomic E-state index is 0.0246. The second kappa shape index (κ2) is 9.99. The van der Waals surface area contributed by atoms with E-state index in [4.69, 9.17) is 18.9 Å². The number of aryl methyl sites for hydroxylation is 1. The van der Waals surface area contributed by atoms with Crippen molar-refractivity contribution in [1.82, 2.24) is 5.32 Å². The highest BCUT2D eigenvalue weighted by atomic mass is 16.5. The highest BCUT2D eigenvalue weighted by Crippen LogP contribution is 2.29. The van der Waals surface area contributed by atoms with Crippen LogP contribution in [0.2, 0.25) is 0 Å². The predicted octanol–water partition coefficient (Wildman–Crippen LogP) is 3.26. The smallest absolute Gasteiger partial charge is 0.258 e. The molecule has 1 amide bonds. The van der Waals surface area contributed by atoms with Crippen LogP contribution in [0.25, 0.3) is 0 Å². The number of ether oxygens (including phenoxy) is 4. The molecule has 1 fully saturated rings. The minimum atomic E-state index is -0.181. The molecule has 1 saturated heterocycles. The maximum atomic E-state index is 12.0. The van der Waals surface area contributed by atoms with Crippen LogP contribution < -0.4 is 19.5 Å². The molecule has 2 aromatic rings. The molecule has 1 N–H and O–H groups in total. The molecular formula is C22H27NO5. The average molecular weight is 385 g/mol. The monoisotopic (exact) mass is 385 g/mol. The van der Waals surface area contributed by atoms with Crippen LogP contribution in [0, 0.1) is 6.92 Å². The SMILES string of the molecule is COc1cc(CNC(=O)COc2cccc(C)c2)ccc1OCC1CCCO1. The normalized spacial score (nSPS) is 15.9. The lowest BCUT2D eigenvalue weighted by Crippen LogP contribution is -2.28. The third kappa shape index (κ3) is 5.89. The van der Waals surface area contributed by atoms with Crippen LogP contribution in [-0.4, -0.2) is 38.9 Å². The van der Waals surface area contributed by atoms with Gasteiger partial charge in [0.15, 0.2) is 18.1 Å². The molecule has 1 unspecified atom stereocenters. The molecule has 1 aliphatic rings. The molecule has 0 spiro atoms. The van der Waals surface area contributed by atoms with E-state index in [0.717, 1.165) is 30.6 Å². The van der Waals surface area contributed by atoms with E-state index in [1.54, 1.807) is 7.11 Å². The van der Waals surface area contributed by atoms with E-state index in [1.807, 2.05) is 49.4 Å². The second-order valence-corrected chi connectivity index (χ2v) is 6.81. The first kappa shape index (κ1) is 20.0. The summed E-state index contributed by atoms with van der Waals surface area (Å²) in [7, 11) is 1.60. The Hall–Kier alpha value is -2.73. The van der Waals surface area contributed by atoms with E-state index in [0.29, 0.717) is 30.4 Å². The lowest BCUT2D eigenvalue weighted by molar-refractivity contribution is -0.123. The summed E-state index contributed by atoms with van der Waals surface area (Å²) in [6.45, 7) is 3.66. The number of methoxy groups -OCH3 is 1. The zero-order chi connectivity index (χ0) is 19.8. The van der Waals surface area contributed by atoms with Gasteiger partial charge in [-0.2, -0.15) is 0 Å². The summed E-state index contributed by atoms with van der Waals surface area (Å²) in [6, 6.07) is 13.2. The van der Waals surface area contributed by atoms with Gasteiger partial charge >= 0.3 is 0 Å². The summed E-state index contributed by atoms with van der Waals surface area (Å²) in [4.78, 5) is 12.0. The van der Waals surface area contributed by atoms with Crippen LogP contribution in [0.4, 0.5) is 0 Å². The summed E-state index contributed by atoms with van der Waals surface area (Å²) in [6.07, 6.45) is 2.26. The molecule has 6 nitrogen and oxygen atoms in total. The van der Waals surface area contributed by atoms with Crippen molar-refractivity contribution < 1.29 is 23.7 Å². The number of hydrogen-bond acceptors (Lipinski definition) is 5. The summed E-state index contributed by atoms with van der Waals surface area (Å²) < 4.78 is 22.3. The lowest BCUT2D eigenvalue weighted by atomic mass is 10.2. The molecule has 0 radical (unpaired) electrons. The van der Waals surface area contributed by atoms with Crippen LogP contribution in [0.3, 0.4) is 0 Å². The van der Waals surface area contributed by atoms with Crippen molar-refractivity contribution in [3.63, 3.8) is 0 Å². The molecule has 1 aliphatic heterocycles. The quantitative estimate of drug-likeness (QED) is 0.718. The van der Waals surface area contributed by atoms with Gasteiger partial charge in [-0.25, -0.2) is 0 Å². The molecular weight excluding hydrogens is 358 g/mol. The number of nitrogens with one attached hydrogen (secondary N) is 1. The van der Waals surface area contributed by atoms with Gasteiger partial charge in [0.1, 0.15) is 12.4 Å². The number of benzene rings is 2. The van der Waals surface area contributed by atoms with Crippen LogP contribution >= 0.6 is 0 Å². The fourth-order valence-electron chi connectivity index (χ4n) is 3.01. The van der Waals surface area contributed by atoms with Crippen LogP contribution in [0.1, 0.15) is 24.0 Å². The van der Waals surface area contributed by atoms with Gasteiger partial charge in [0.2, 0.25) is 0 Å². The van der Waals surface area contributed by atoms with Gasteiger partial charge in [-0.1, -0.05) is 18.2 Å². The maximum Gasteiger partial charge on any atom is 0.258 e. The zero-order valence-corrected chi connectivity index (χ0v) is 16.4. The predicted molar refractivity (Wildman–Crippen MR) is 106 cm³/mol. The molecule has 0 bridgehead atoms. The largest absolute Gasteiger partial charge is 0.493 e. The molecule has 0 aromatic heterocycles. The van der Waals surface area contributed by atoms with Gasteiger partial charge in [-0.05, 0) is 55.2 Å². The highest BCUT2D eigenvalue weighted by molar-refractivity contribution is 5.77. The van der Waals surface area contributed by atoms with Crippen molar-refractivity contribution >= 4 is 5.91 Å². The van der Waals surface area contributed by atoms with Crippen LogP contribution in [-0.2, 0) is 16.1 Å². The van der Waals surface area contributed by atoms with E-state index in [1.165, 1.54) is 0 Å². The average Bonchev–Trinajstić information content (AvgIpc) is 3.23. The first-order valence-electron chi connectivity index (χ1n) is 9.51. The zero-order valence-electron chi connectivity index (χ0n) is 16.4. The third-order valence-corrected chi connectivity index (χ3v) is 4.53. The Labute approximate surface area is 165 Å². The number of rotatable bonds is 9. The van der Waals surface area contributed by atoms with E-state index in [9.17, 15) is 4.79 Å². The van der Waals surface area contributed by atoms with Crippen molar-refractivity contribution in [3.05, 3.63) is 53.6 Å². The number of carbonyl (C=O) groups excluding carboxylic acids is 1. The fraction of sp³-hybridized carbons (Fsp3) is 0.409. The van der Waals surface area contributed by atoms with Crippen LogP contribution in [0.5, 0.6) is 17.2 Å². The standard InChI is InChI=1S/C22H27NO5/c1-16-5-3-6-18(11-16)27-15-22(24)23-13-17-8-9-20(21(12-17)25-2)28-14-19-7-4-10-26-19/h3,5-6,8-9,11-12,19H,4,7,10,13-15H2,1-2H3,(H,23,24). The summed E-state index contributed by atoms with van der Waals surface area (Å²) in [5.74, 6) is 1.82. The van der Waals surface area contributed by atoms with E-state index in [-0.39, 0.29) is 18.6 Å². The van der Waals surface area contributed by atoms with E-state index < -0.39 is 0 Å². The summed E-state index contributed by atoms with van der Waals surface area (Å²) >= 11 is 0. The van der Waals surface area contributed by atoms with Crippen molar-refractivity contribution in [1.29, 1.82) is 0 Å². The fourth-order valence-corrected chi connectivity index (χ4v) is 3.01. The van der Waals surface area contributed by atoms with Crippen LogP contribution in [0.15, 0.2) is 42.5 Å². The van der Waals surface area contributed by atoms with Gasteiger partial charge in [0.25, 0.3) is 5.91 Å². The highest BCUT2D eigenvalue weighted by Gasteiger charge is 2.17. The first-order chi connectivity index (χ1) is 13.6. The Kier molecular flexibility index (Phi) is 7.14. The van der Waals surface area contributed by atoms with Crippen molar-refractivity contribution in [2.75, 3.05) is 26.9 Å². The Bertz CT molecular complexity index is 786. The number of carbonyl (C=O) groups is 1. The summed E-state index contributed by atoms with van der Waals surface area (Å²) in [5.41, 5.74) is 2.01. The third-order valence-electron chi connectivity index (χ3n) is 4.53. The molecule has 0 saturated carbocycles. The van der Waals surface area contributed by atoms with E-state index in [2.05, 4.69) is 5.32 Å². The van der Waals surface area contributed by atoms with Gasteiger partial charge < -0.3 is 24.3 Å². The molecule has 150 valence electrons. The van der Waals surface area contributed by atoms with Crippen molar-refractivity contribution in [2.45, 2.75) is 32.4 Å².